The summed E-state index contributed by atoms with van der Waals surface area (Å²) >= 11 is 1.29. The molecule has 7 heteroatoms. The monoisotopic (exact) mass is 408 g/mol. The first-order valence-electron chi connectivity index (χ1n) is 8.47. The first kappa shape index (κ1) is 18.3. The number of carbonyl (C=O) groups is 1. The minimum Gasteiger partial charge on any atom is -0.298 e. The Hall–Kier alpha value is -3.03. The number of nitrogens with one attached hydrogen (secondary N) is 1. The van der Waals surface area contributed by atoms with Gasteiger partial charge in [-0.25, -0.2) is 13.4 Å². The molecule has 1 amide bonds. The number of rotatable bonds is 4. The van der Waals surface area contributed by atoms with Crippen LogP contribution in [0.15, 0.2) is 77.0 Å². The highest BCUT2D eigenvalue weighted by atomic mass is 32.2. The minimum absolute atomic E-state index is 0.00110. The van der Waals surface area contributed by atoms with Crippen molar-refractivity contribution < 1.29 is 13.2 Å². The fourth-order valence-electron chi connectivity index (χ4n) is 2.95. The van der Waals surface area contributed by atoms with Crippen LogP contribution < -0.4 is 5.32 Å². The summed E-state index contributed by atoms with van der Waals surface area (Å²) in [5.74, 6) is -0.500. The zero-order valence-corrected chi connectivity index (χ0v) is 16.5. The lowest BCUT2D eigenvalue weighted by atomic mass is 10.1. The number of amides is 1. The van der Waals surface area contributed by atoms with Gasteiger partial charge in [-0.2, -0.15) is 0 Å². The van der Waals surface area contributed by atoms with Gasteiger partial charge in [-0.1, -0.05) is 48.5 Å². The largest absolute Gasteiger partial charge is 0.298 e. The quantitative estimate of drug-likeness (QED) is 0.535. The molecule has 3 aromatic carbocycles. The molecule has 4 rings (SSSR count). The van der Waals surface area contributed by atoms with Crippen molar-refractivity contribution in [2.75, 3.05) is 11.6 Å². The molecule has 0 unspecified atom stereocenters. The van der Waals surface area contributed by atoms with Gasteiger partial charge in [0, 0.05) is 17.2 Å². The Morgan fingerprint density at radius 3 is 2.46 bits per heavy atom. The number of carbonyl (C=O) groups excluding carboxylic acids is 1. The standard InChI is InChI=1S/C21H16N2O3S2/c1-28(25,26)19-9-5-4-8-17(19)20(24)23-21-22-18(13-27-21)16-11-10-14-6-2-3-7-15(14)12-16/h2-13H,1H3,(H,22,23,24). The molecule has 5 nitrogen and oxygen atoms in total. The van der Waals surface area contributed by atoms with Gasteiger partial charge in [0.1, 0.15) is 0 Å². The summed E-state index contributed by atoms with van der Waals surface area (Å²) in [6, 6.07) is 20.3. The van der Waals surface area contributed by atoms with E-state index < -0.39 is 15.7 Å². The average molecular weight is 409 g/mol. The van der Waals surface area contributed by atoms with Gasteiger partial charge in [0.05, 0.1) is 16.2 Å². The van der Waals surface area contributed by atoms with Gasteiger partial charge >= 0.3 is 0 Å². The maximum Gasteiger partial charge on any atom is 0.258 e. The van der Waals surface area contributed by atoms with Crippen molar-refractivity contribution >= 4 is 43.0 Å². The van der Waals surface area contributed by atoms with Crippen LogP contribution in [0.1, 0.15) is 10.4 Å². The lowest BCUT2D eigenvalue weighted by molar-refractivity contribution is 0.102. The van der Waals surface area contributed by atoms with Crippen molar-refractivity contribution in [2.24, 2.45) is 0 Å². The molecule has 1 aromatic heterocycles. The summed E-state index contributed by atoms with van der Waals surface area (Å²) in [4.78, 5) is 17.1. The summed E-state index contributed by atoms with van der Waals surface area (Å²) in [6.45, 7) is 0. The number of sulfone groups is 1. The second-order valence-electron chi connectivity index (χ2n) is 6.32. The predicted molar refractivity (Wildman–Crippen MR) is 113 cm³/mol. The number of benzene rings is 3. The third-order valence-corrected chi connectivity index (χ3v) is 6.21. The Labute approximate surface area is 166 Å². The number of fused-ring (bicyclic) bond motifs is 1. The molecule has 28 heavy (non-hydrogen) atoms. The fourth-order valence-corrected chi connectivity index (χ4v) is 4.56. The lowest BCUT2D eigenvalue weighted by Gasteiger charge is -2.07. The summed E-state index contributed by atoms with van der Waals surface area (Å²) in [5.41, 5.74) is 1.81. The van der Waals surface area contributed by atoms with Crippen molar-refractivity contribution in [2.45, 2.75) is 4.90 Å². The van der Waals surface area contributed by atoms with Crippen LogP contribution in [0.4, 0.5) is 5.13 Å². The number of anilines is 1. The van der Waals surface area contributed by atoms with Crippen LogP contribution in [-0.2, 0) is 9.84 Å². The number of hydrogen-bond donors (Lipinski definition) is 1. The molecule has 0 spiro atoms. The SMILES string of the molecule is CS(=O)(=O)c1ccccc1C(=O)Nc1nc(-c2ccc3ccccc3c2)cs1. The number of hydrogen-bond acceptors (Lipinski definition) is 5. The van der Waals surface area contributed by atoms with E-state index in [1.54, 1.807) is 12.1 Å². The van der Waals surface area contributed by atoms with E-state index in [9.17, 15) is 13.2 Å². The van der Waals surface area contributed by atoms with Crippen LogP contribution in [0.5, 0.6) is 0 Å². The zero-order chi connectivity index (χ0) is 19.7. The molecule has 4 aromatic rings. The van der Waals surface area contributed by atoms with Crippen LogP contribution in [0, 0.1) is 0 Å². The van der Waals surface area contributed by atoms with Crippen molar-refractivity contribution in [1.29, 1.82) is 0 Å². The van der Waals surface area contributed by atoms with Crippen molar-refractivity contribution in [1.82, 2.24) is 4.98 Å². The Bertz CT molecular complexity index is 1290. The van der Waals surface area contributed by atoms with E-state index in [1.165, 1.54) is 23.5 Å². The zero-order valence-electron chi connectivity index (χ0n) is 14.9. The maximum absolute atomic E-state index is 12.6. The molecule has 0 saturated carbocycles. The van der Waals surface area contributed by atoms with E-state index >= 15 is 0 Å². The van der Waals surface area contributed by atoms with Crippen molar-refractivity contribution in [3.05, 3.63) is 77.7 Å². The van der Waals surface area contributed by atoms with E-state index in [4.69, 9.17) is 0 Å². The van der Waals surface area contributed by atoms with E-state index in [2.05, 4.69) is 16.4 Å². The Morgan fingerprint density at radius 2 is 1.68 bits per heavy atom. The molecular formula is C21H16N2O3S2. The smallest absolute Gasteiger partial charge is 0.258 e. The third kappa shape index (κ3) is 3.67. The molecule has 0 radical (unpaired) electrons. The second-order valence-corrected chi connectivity index (χ2v) is 9.16. The Morgan fingerprint density at radius 1 is 0.964 bits per heavy atom. The third-order valence-electron chi connectivity index (χ3n) is 4.30. The van der Waals surface area contributed by atoms with Gasteiger partial charge in [0.25, 0.3) is 5.91 Å². The number of thiazole rings is 1. The van der Waals surface area contributed by atoms with Gasteiger partial charge in [-0.3, -0.25) is 10.1 Å². The molecule has 0 aliphatic heterocycles. The molecule has 0 aliphatic carbocycles. The molecule has 0 fully saturated rings. The van der Waals surface area contributed by atoms with Crippen molar-refractivity contribution in [3.63, 3.8) is 0 Å². The van der Waals surface area contributed by atoms with Gasteiger partial charge < -0.3 is 0 Å². The minimum atomic E-state index is -3.51. The molecule has 1 N–H and O–H groups in total. The number of aromatic nitrogens is 1. The predicted octanol–water partition coefficient (Wildman–Crippen LogP) is 4.62. The first-order valence-corrected chi connectivity index (χ1v) is 11.2. The van der Waals surface area contributed by atoms with Gasteiger partial charge in [-0.05, 0) is 29.0 Å². The summed E-state index contributed by atoms with van der Waals surface area (Å²) in [6.07, 6.45) is 1.08. The highest BCUT2D eigenvalue weighted by Gasteiger charge is 2.19. The molecule has 0 aliphatic rings. The fraction of sp³-hybridized carbons (Fsp3) is 0.0476. The molecule has 140 valence electrons. The highest BCUT2D eigenvalue weighted by molar-refractivity contribution is 7.90. The van der Waals surface area contributed by atoms with E-state index in [1.807, 2.05) is 41.8 Å². The summed E-state index contributed by atoms with van der Waals surface area (Å²) in [5, 5.41) is 7.24. The molecule has 0 bridgehead atoms. The van der Waals surface area contributed by atoms with Crippen LogP contribution in [0.25, 0.3) is 22.0 Å². The normalized spacial score (nSPS) is 11.5. The summed E-state index contributed by atoms with van der Waals surface area (Å²) in [7, 11) is -3.51. The van der Waals surface area contributed by atoms with Crippen LogP contribution in [-0.4, -0.2) is 25.6 Å². The second kappa shape index (κ2) is 7.18. The molecule has 0 saturated heterocycles. The first-order chi connectivity index (χ1) is 13.4. The topological polar surface area (TPSA) is 76.1 Å². The average Bonchev–Trinajstić information content (AvgIpc) is 3.15. The Kier molecular flexibility index (Phi) is 4.70. The molecule has 1 heterocycles. The van der Waals surface area contributed by atoms with Crippen molar-refractivity contribution in [3.8, 4) is 11.3 Å². The molecule has 0 atom stereocenters. The maximum atomic E-state index is 12.6. The number of nitrogens with zero attached hydrogens (tertiary/aromatic N) is 1. The van der Waals surface area contributed by atoms with E-state index in [-0.39, 0.29) is 10.5 Å². The molecular weight excluding hydrogens is 392 g/mol. The van der Waals surface area contributed by atoms with Gasteiger partial charge in [0.15, 0.2) is 15.0 Å². The van der Waals surface area contributed by atoms with Crippen LogP contribution in [0.2, 0.25) is 0 Å². The Balaban J connectivity index is 1.61. The van der Waals surface area contributed by atoms with Crippen LogP contribution in [0.3, 0.4) is 0 Å². The van der Waals surface area contributed by atoms with Gasteiger partial charge in [0.2, 0.25) is 0 Å². The van der Waals surface area contributed by atoms with Crippen LogP contribution >= 0.6 is 11.3 Å². The highest BCUT2D eigenvalue weighted by Crippen LogP contribution is 2.28. The lowest BCUT2D eigenvalue weighted by Crippen LogP contribution is -2.15. The van der Waals surface area contributed by atoms with E-state index in [0.29, 0.717) is 5.13 Å². The van der Waals surface area contributed by atoms with E-state index in [0.717, 1.165) is 28.3 Å². The van der Waals surface area contributed by atoms with Gasteiger partial charge in [-0.15, -0.1) is 11.3 Å². The summed E-state index contributed by atoms with van der Waals surface area (Å²) < 4.78 is 23.8.